The Balaban J connectivity index is 1.46. The van der Waals surface area contributed by atoms with Gasteiger partial charge in [0.2, 0.25) is 70.9 Å². The van der Waals surface area contributed by atoms with Crippen LogP contribution in [0.2, 0.25) is 0 Å². The molecule has 3 unspecified atom stereocenters. The second-order valence-corrected chi connectivity index (χ2v) is 32.4. The minimum Gasteiger partial charge on any atom is -0.347 e. The van der Waals surface area contributed by atoms with E-state index in [1.54, 1.807) is 20.8 Å². The zero-order valence-corrected chi connectivity index (χ0v) is 65.0. The van der Waals surface area contributed by atoms with Gasteiger partial charge in [0, 0.05) is 75.4 Å². The molecule has 6 aliphatic rings. The third-order valence-electron chi connectivity index (χ3n) is 23.6. The minimum atomic E-state index is -4.52. The summed E-state index contributed by atoms with van der Waals surface area (Å²) in [6, 6.07) is -12.3. The monoisotopic (exact) mass is 1480 g/mol. The molecule has 6 rings (SSSR count). The van der Waals surface area contributed by atoms with Crippen LogP contribution in [0, 0.1) is 47.3 Å². The summed E-state index contributed by atoms with van der Waals surface area (Å²) in [6.07, 6.45) is 4.10. The van der Waals surface area contributed by atoms with E-state index in [2.05, 4.69) is 21.3 Å². The predicted octanol–water partition coefficient (Wildman–Crippen LogP) is 5.64. The molecule has 3 heterocycles. The highest BCUT2D eigenvalue weighted by Gasteiger charge is 2.50. The summed E-state index contributed by atoms with van der Waals surface area (Å²) < 4.78 is 42.3. The number of carbonyl (C=O) groups is 12. The Morgan fingerprint density at radius 2 is 1.15 bits per heavy atom. The van der Waals surface area contributed by atoms with E-state index in [1.165, 1.54) is 114 Å². The van der Waals surface area contributed by atoms with Crippen LogP contribution in [0.15, 0.2) is 0 Å². The van der Waals surface area contributed by atoms with Crippen molar-refractivity contribution in [3.8, 4) is 0 Å². The van der Waals surface area contributed by atoms with Gasteiger partial charge in [0.15, 0.2) is 0 Å². The molecular weight excluding hydrogens is 1360 g/mol. The molecule has 25 nitrogen and oxygen atoms in total. The van der Waals surface area contributed by atoms with Crippen molar-refractivity contribution in [1.82, 2.24) is 65.4 Å². The number of likely N-dealkylation sites (N-methyl/N-ethyl adjacent to an activating group) is 8. The van der Waals surface area contributed by atoms with Crippen molar-refractivity contribution < 1.29 is 70.7 Å². The molecule has 3 aliphatic heterocycles. The highest BCUT2D eigenvalue weighted by Crippen LogP contribution is 2.44. The van der Waals surface area contributed by atoms with Gasteiger partial charge in [-0.05, 0) is 145 Å². The average molecular weight is 1480 g/mol. The smallest absolute Gasteiger partial charge is 0.347 e. The summed E-state index contributed by atoms with van der Waals surface area (Å²) in [5, 5.41) is 10.9. The molecule has 3 saturated heterocycles. The molecule has 6 fully saturated rings. The quantitative estimate of drug-likeness (QED) is 0.154. The lowest BCUT2D eigenvalue weighted by molar-refractivity contribution is -0.182. The van der Waals surface area contributed by atoms with Crippen molar-refractivity contribution in [1.29, 1.82) is 0 Å². The molecule has 0 radical (unpaired) electrons. The second kappa shape index (κ2) is 38.3. The summed E-state index contributed by atoms with van der Waals surface area (Å²) in [6.45, 7) is 13.1. The lowest BCUT2D eigenvalue weighted by atomic mass is 9.78. The third kappa shape index (κ3) is 21.9. The summed E-state index contributed by atoms with van der Waals surface area (Å²) in [7, 11) is 13.0. The van der Waals surface area contributed by atoms with Crippen LogP contribution in [0.1, 0.15) is 190 Å². The van der Waals surface area contributed by atoms with Gasteiger partial charge in [0.1, 0.15) is 60.4 Å². The Hall–Kier alpha value is -6.32. The first-order chi connectivity index (χ1) is 48.3. The number of amides is 12. The first-order valence-corrected chi connectivity index (χ1v) is 38.4. The van der Waals surface area contributed by atoms with Crippen LogP contribution in [0.4, 0.5) is 13.2 Å². The van der Waals surface area contributed by atoms with Crippen molar-refractivity contribution >= 4 is 82.5 Å². The Labute approximate surface area is 614 Å². The van der Waals surface area contributed by atoms with E-state index >= 15 is 24.0 Å². The van der Waals surface area contributed by atoms with E-state index in [0.717, 1.165) is 44.9 Å². The molecule has 0 aromatic heterocycles. The number of piperidine rings is 1. The zero-order chi connectivity index (χ0) is 76.8. The number of fused-ring (bicyclic) bond motifs is 1. The van der Waals surface area contributed by atoms with Crippen LogP contribution in [0.3, 0.4) is 0 Å². The molecule has 4 N–H and O–H groups in total. The van der Waals surface area contributed by atoms with Gasteiger partial charge in [-0.3, -0.25) is 57.5 Å². The van der Waals surface area contributed by atoms with Crippen LogP contribution in [0.25, 0.3) is 0 Å². The molecule has 0 bridgehead atoms. The highest BCUT2D eigenvalue weighted by molar-refractivity contribution is 6.21. The lowest BCUT2D eigenvalue weighted by Gasteiger charge is -2.45. The number of rotatable bonds is 14. The normalized spacial score (nSPS) is 30.6. The van der Waals surface area contributed by atoms with E-state index in [4.69, 9.17) is 11.6 Å². The van der Waals surface area contributed by atoms with Gasteiger partial charge in [-0.1, -0.05) is 92.9 Å². The first-order valence-electron chi connectivity index (χ1n) is 38.0. The molecule has 29 heteroatoms. The number of alkyl halides is 4. The maximum Gasteiger partial charge on any atom is 0.393 e. The number of halogens is 4. The van der Waals surface area contributed by atoms with Crippen LogP contribution in [0.5, 0.6) is 0 Å². The summed E-state index contributed by atoms with van der Waals surface area (Å²) in [4.78, 5) is 192. The van der Waals surface area contributed by atoms with Crippen molar-refractivity contribution in [2.45, 2.75) is 262 Å². The van der Waals surface area contributed by atoms with Crippen LogP contribution >= 0.6 is 11.6 Å². The van der Waals surface area contributed by atoms with Gasteiger partial charge in [-0.25, -0.2) is 0 Å². The zero-order valence-electron chi connectivity index (χ0n) is 64.3. The van der Waals surface area contributed by atoms with Gasteiger partial charge in [0.05, 0.1) is 18.9 Å². The number of hydrogen-bond donors (Lipinski definition) is 4. The standard InChI is InChI=1S/C74H123ClF3N13O12/c1-17-45(6)62-72(102)85(11)46(7)66(96)91-36-33-54(91)70(100)88(14)57(40-47-23-19-18-20-24-47)69(99)84(10)42-59(92)80-53(30-28-48-27-29-51(52(75)38-48)74(76,77)78)67(97)87(13)56(39-49-31-34-79-35-32-49)65(95)81-61(44(4)5)71(101)90(16)63(50-25-21-22-26-50)73(103)89(15)58(68(98)83(8)9)41-60(93)86(12)55(37-43(2)3)64(94)82-62/h43-58,61-63,79H,17-42H2,1-16H3,(H,80,92)(H,81,95)(H,82,94)/t45-,46-,48?,51?,52?,53-,54-,55-,56-,57-,58-,61-,62-,63-/m0/s1. The summed E-state index contributed by atoms with van der Waals surface area (Å²) in [5.41, 5.74) is 0. The molecule has 3 aliphatic carbocycles. The number of carbonyl (C=O) groups excluding carboxylic acids is 12. The molecule has 0 spiro atoms. The van der Waals surface area contributed by atoms with Gasteiger partial charge in [-0.15, -0.1) is 11.6 Å². The SMILES string of the molecule is CC[C@H](C)[C@@H]1NC(=O)[C@H](CC(C)C)N(C)C(=O)C[C@@H](C(=O)N(C)C)N(C)C(=O)[C@H](C2CCCC2)N(C)C(=O)[C@H](C(C)C)NC(=O)[C@H](CC2CCNCC2)N(C)C(=O)[C@H](CCC2CCC(C(F)(F)F)C(Cl)C2)NC(=O)CN(C)C(=O)[C@H](CC2CCCCC2)N(C)C(=O)[C@@H]2CCN2C(=O)[C@H](C)N(C)C1=O. The number of nitrogens with one attached hydrogen (secondary N) is 4. The van der Waals surface area contributed by atoms with Crippen molar-refractivity contribution in [2.75, 3.05) is 89.6 Å². The van der Waals surface area contributed by atoms with E-state index in [9.17, 15) is 46.7 Å². The molecular formula is C74H123ClF3N13O12. The van der Waals surface area contributed by atoms with E-state index in [1.807, 2.05) is 20.8 Å². The Morgan fingerprint density at radius 3 is 1.70 bits per heavy atom. The fourth-order valence-corrected chi connectivity index (χ4v) is 16.8. The lowest BCUT2D eigenvalue weighted by Crippen LogP contribution is -2.65. The third-order valence-corrected chi connectivity index (χ3v) is 24.1. The predicted molar refractivity (Wildman–Crippen MR) is 385 cm³/mol. The molecule has 0 aromatic carbocycles. The largest absolute Gasteiger partial charge is 0.393 e. The van der Waals surface area contributed by atoms with E-state index in [0.29, 0.717) is 45.2 Å². The van der Waals surface area contributed by atoms with Gasteiger partial charge in [0.25, 0.3) is 0 Å². The molecule has 0 aromatic rings. The van der Waals surface area contributed by atoms with Gasteiger partial charge in [-0.2, -0.15) is 13.2 Å². The first kappa shape index (κ1) is 85.6. The minimum absolute atomic E-state index is 0.0151. The molecule has 12 amide bonds. The van der Waals surface area contributed by atoms with E-state index in [-0.39, 0.29) is 88.0 Å². The van der Waals surface area contributed by atoms with Crippen LogP contribution < -0.4 is 21.3 Å². The fraction of sp³-hybridized carbons (Fsp3) is 0.838. The highest BCUT2D eigenvalue weighted by atomic mass is 35.5. The topological polar surface area (TPSA) is 282 Å². The van der Waals surface area contributed by atoms with Crippen molar-refractivity contribution in [3.05, 3.63) is 0 Å². The van der Waals surface area contributed by atoms with Crippen molar-refractivity contribution in [3.63, 3.8) is 0 Å². The summed E-state index contributed by atoms with van der Waals surface area (Å²) >= 11 is 6.45. The fourth-order valence-electron chi connectivity index (χ4n) is 16.3. The molecule has 103 heavy (non-hydrogen) atoms. The van der Waals surface area contributed by atoms with Gasteiger partial charge >= 0.3 is 6.18 Å². The van der Waals surface area contributed by atoms with Gasteiger partial charge < -0.3 is 65.4 Å². The maximum atomic E-state index is 15.5. The van der Waals surface area contributed by atoms with Crippen LogP contribution in [-0.2, 0) is 57.5 Å². The molecule has 3 saturated carbocycles. The number of nitrogens with zero attached hydrogens (tertiary/aromatic N) is 9. The number of hydrogen-bond acceptors (Lipinski definition) is 13. The van der Waals surface area contributed by atoms with Crippen LogP contribution in [-0.4, -0.2) is 277 Å². The Morgan fingerprint density at radius 1 is 0.583 bits per heavy atom. The van der Waals surface area contributed by atoms with Crippen molar-refractivity contribution in [2.24, 2.45) is 47.3 Å². The maximum absolute atomic E-state index is 15.5. The second-order valence-electron chi connectivity index (χ2n) is 31.9. The van der Waals surface area contributed by atoms with E-state index < -0.39 is 179 Å². The Bertz CT molecular complexity index is 2960. The molecule has 14 atom stereocenters. The Kier molecular flexibility index (Phi) is 31.8. The summed E-state index contributed by atoms with van der Waals surface area (Å²) in [5.74, 6) is -11.7. The molecule has 584 valence electrons. The average Bonchev–Trinajstić information content (AvgIpc) is 1.25.